The molecule has 4 heterocycles. The van der Waals surface area contributed by atoms with Crippen molar-refractivity contribution in [2.24, 2.45) is 0 Å². The van der Waals surface area contributed by atoms with E-state index >= 15 is 0 Å². The van der Waals surface area contributed by atoms with Crippen LogP contribution in [-0.4, -0.2) is 100 Å². The summed E-state index contributed by atoms with van der Waals surface area (Å²) in [6.45, 7) is 6.98. The molecule has 0 radical (unpaired) electrons. The Balaban J connectivity index is 1.14. The van der Waals surface area contributed by atoms with Crippen LogP contribution < -0.4 is 10.6 Å². The summed E-state index contributed by atoms with van der Waals surface area (Å²) in [7, 11) is 1.37. The zero-order chi connectivity index (χ0) is 26.1. The largest absolute Gasteiger partial charge is 0.453 e. The van der Waals surface area contributed by atoms with E-state index < -0.39 is 12.2 Å². The van der Waals surface area contributed by atoms with Crippen molar-refractivity contribution < 1.29 is 19.4 Å². The van der Waals surface area contributed by atoms with Gasteiger partial charge in [0.2, 0.25) is 0 Å². The first-order valence-corrected chi connectivity index (χ1v) is 13.6. The smallest absolute Gasteiger partial charge is 0.407 e. The molecule has 3 aliphatic heterocycles. The van der Waals surface area contributed by atoms with Crippen molar-refractivity contribution >= 4 is 22.9 Å². The molecule has 0 saturated carbocycles. The third-order valence-electron chi connectivity index (χ3n) is 8.21. The van der Waals surface area contributed by atoms with E-state index in [1.165, 1.54) is 7.11 Å². The van der Waals surface area contributed by atoms with Crippen LogP contribution in [0.1, 0.15) is 62.5 Å². The van der Waals surface area contributed by atoms with Crippen LogP contribution in [0.4, 0.5) is 4.79 Å². The second-order valence-electron chi connectivity index (χ2n) is 11.2. The predicted molar refractivity (Wildman–Crippen MR) is 141 cm³/mol. The topological polar surface area (TPSA) is 112 Å². The summed E-state index contributed by atoms with van der Waals surface area (Å²) in [5.41, 5.74) is 1.48. The quantitative estimate of drug-likeness (QED) is 0.497. The molecule has 3 aliphatic rings. The van der Waals surface area contributed by atoms with Gasteiger partial charge in [-0.05, 0) is 52.0 Å². The minimum atomic E-state index is -0.447. The number of carbonyl (C=O) groups excluding carboxylic acids is 2. The van der Waals surface area contributed by atoms with E-state index in [2.05, 4.69) is 39.4 Å². The first-order valence-electron chi connectivity index (χ1n) is 13.6. The number of carbonyl (C=O) groups is 2. The molecule has 0 spiro atoms. The first-order chi connectivity index (χ1) is 17.8. The van der Waals surface area contributed by atoms with Gasteiger partial charge < -0.3 is 20.5 Å². The number of β-amino-alcohol motifs (C(OH)–C–C–N with tert-alkyl or cyclic N) is 1. The molecule has 3 saturated heterocycles. The number of alkyl carbamates (subject to hydrolysis) is 1. The number of aliphatic hydroxyl groups is 1. The summed E-state index contributed by atoms with van der Waals surface area (Å²) >= 11 is 0. The lowest BCUT2D eigenvalue weighted by Crippen LogP contribution is -2.53. The number of aromatic nitrogens is 2. The average molecular weight is 513 g/mol. The van der Waals surface area contributed by atoms with E-state index in [1.807, 2.05) is 28.9 Å². The summed E-state index contributed by atoms with van der Waals surface area (Å²) in [4.78, 5) is 29.4. The number of nitrogens with one attached hydrogen (secondary N) is 2. The molecule has 1 aromatic carbocycles. The van der Waals surface area contributed by atoms with Gasteiger partial charge >= 0.3 is 6.09 Å². The van der Waals surface area contributed by atoms with Crippen LogP contribution in [0.15, 0.2) is 24.3 Å². The third kappa shape index (κ3) is 5.61. The Bertz CT molecular complexity index is 1110. The van der Waals surface area contributed by atoms with Crippen molar-refractivity contribution in [1.29, 1.82) is 0 Å². The van der Waals surface area contributed by atoms with Gasteiger partial charge in [-0.3, -0.25) is 19.3 Å². The standard InChI is InChI=1S/C27H40N6O4/c1-17(2)33-24-7-5-4-6-23(24)25(30-33)26(35)28-19-12-20-8-9-21(13-19)32(20)16-22(34)15-31-11-10-18(14-31)29-27(36)37-3/h4-7,17-22,34H,8-16H2,1-3H3,(H,28,35)(H,29,36)/t18-,20+,21+,22?/m1/s1. The molecular formula is C27H40N6O4. The van der Waals surface area contributed by atoms with Crippen molar-refractivity contribution in [1.82, 2.24) is 30.2 Å². The number of aliphatic hydroxyl groups excluding tert-OH is 1. The number of hydrogen-bond acceptors (Lipinski definition) is 7. The Morgan fingerprint density at radius 1 is 1.08 bits per heavy atom. The molecule has 5 rings (SSSR count). The highest BCUT2D eigenvalue weighted by Crippen LogP contribution is 2.36. The molecule has 3 fully saturated rings. The molecule has 2 aromatic rings. The van der Waals surface area contributed by atoms with Crippen LogP contribution in [0.3, 0.4) is 0 Å². The fraction of sp³-hybridized carbons (Fsp3) is 0.667. The second kappa shape index (κ2) is 11.0. The molecule has 37 heavy (non-hydrogen) atoms. The van der Waals surface area contributed by atoms with Crippen LogP contribution in [0.2, 0.25) is 0 Å². The molecule has 4 atom stereocenters. The summed E-state index contributed by atoms with van der Waals surface area (Å²) < 4.78 is 6.61. The molecule has 2 amide bonds. The maximum absolute atomic E-state index is 13.3. The van der Waals surface area contributed by atoms with Crippen molar-refractivity contribution in [3.63, 3.8) is 0 Å². The predicted octanol–water partition coefficient (Wildman–Crippen LogP) is 2.13. The van der Waals surface area contributed by atoms with Gasteiger partial charge in [0.15, 0.2) is 5.69 Å². The lowest BCUT2D eigenvalue weighted by atomic mass is 9.96. The van der Waals surface area contributed by atoms with Gasteiger partial charge in [0, 0.05) is 61.8 Å². The number of methoxy groups -OCH3 is 1. The van der Waals surface area contributed by atoms with Gasteiger partial charge in [0.1, 0.15) is 0 Å². The number of benzene rings is 1. The maximum Gasteiger partial charge on any atom is 0.407 e. The Morgan fingerprint density at radius 3 is 2.51 bits per heavy atom. The van der Waals surface area contributed by atoms with Crippen LogP contribution >= 0.6 is 0 Å². The first kappa shape index (κ1) is 25.9. The monoisotopic (exact) mass is 512 g/mol. The molecule has 10 heteroatoms. The molecule has 0 aliphatic carbocycles. The minimum Gasteiger partial charge on any atom is -0.453 e. The fourth-order valence-corrected chi connectivity index (χ4v) is 6.54. The Labute approximate surface area is 218 Å². The number of amides is 2. The van der Waals surface area contributed by atoms with Crippen molar-refractivity contribution in [3.05, 3.63) is 30.0 Å². The van der Waals surface area contributed by atoms with E-state index in [9.17, 15) is 14.7 Å². The van der Waals surface area contributed by atoms with Gasteiger partial charge in [0.05, 0.1) is 18.7 Å². The Hall–Kier alpha value is -2.69. The Kier molecular flexibility index (Phi) is 7.69. The number of piperidine rings is 1. The summed E-state index contributed by atoms with van der Waals surface area (Å²) in [6, 6.07) is 9.02. The van der Waals surface area contributed by atoms with Crippen molar-refractivity contribution in [3.8, 4) is 0 Å². The van der Waals surface area contributed by atoms with Gasteiger partial charge in [-0.1, -0.05) is 18.2 Å². The Morgan fingerprint density at radius 2 is 1.81 bits per heavy atom. The maximum atomic E-state index is 13.3. The van der Waals surface area contributed by atoms with E-state index in [4.69, 9.17) is 4.74 Å². The molecule has 10 nitrogen and oxygen atoms in total. The van der Waals surface area contributed by atoms with Crippen LogP contribution in [-0.2, 0) is 4.74 Å². The van der Waals surface area contributed by atoms with Gasteiger partial charge in [-0.2, -0.15) is 5.10 Å². The summed E-state index contributed by atoms with van der Waals surface area (Å²) in [5, 5.41) is 22.6. The molecule has 202 valence electrons. The van der Waals surface area contributed by atoms with E-state index in [1.54, 1.807) is 0 Å². The van der Waals surface area contributed by atoms with Crippen molar-refractivity contribution in [2.45, 2.75) is 82.3 Å². The van der Waals surface area contributed by atoms with E-state index in [0.29, 0.717) is 30.9 Å². The molecule has 3 N–H and O–H groups in total. The van der Waals surface area contributed by atoms with Crippen molar-refractivity contribution in [2.75, 3.05) is 33.3 Å². The zero-order valence-corrected chi connectivity index (χ0v) is 22.1. The molecule has 1 aromatic heterocycles. The molecular weight excluding hydrogens is 472 g/mol. The number of fused-ring (bicyclic) bond motifs is 3. The summed E-state index contributed by atoms with van der Waals surface area (Å²) in [6.07, 6.45) is 4.01. The summed E-state index contributed by atoms with van der Waals surface area (Å²) in [5.74, 6) is -0.0994. The lowest BCUT2D eigenvalue weighted by Gasteiger charge is -2.40. The minimum absolute atomic E-state index is 0.0687. The molecule has 2 bridgehead atoms. The number of nitrogens with zero attached hydrogens (tertiary/aromatic N) is 4. The number of rotatable bonds is 8. The van der Waals surface area contributed by atoms with Crippen LogP contribution in [0.25, 0.3) is 10.9 Å². The number of para-hydroxylation sites is 1. The van der Waals surface area contributed by atoms with Crippen LogP contribution in [0.5, 0.6) is 0 Å². The van der Waals surface area contributed by atoms with Gasteiger partial charge in [0.25, 0.3) is 5.91 Å². The normalized spacial score (nSPS) is 27.1. The average Bonchev–Trinajstić information content (AvgIpc) is 3.53. The van der Waals surface area contributed by atoms with E-state index in [-0.39, 0.29) is 24.0 Å². The number of hydrogen-bond donors (Lipinski definition) is 3. The third-order valence-corrected chi connectivity index (χ3v) is 8.21. The van der Waals surface area contributed by atoms with Crippen LogP contribution in [0, 0.1) is 0 Å². The van der Waals surface area contributed by atoms with Gasteiger partial charge in [-0.15, -0.1) is 0 Å². The second-order valence-corrected chi connectivity index (χ2v) is 11.2. The fourth-order valence-electron chi connectivity index (χ4n) is 6.54. The zero-order valence-electron chi connectivity index (χ0n) is 22.1. The highest BCUT2D eigenvalue weighted by molar-refractivity contribution is 6.05. The lowest BCUT2D eigenvalue weighted by molar-refractivity contribution is 0.0361. The van der Waals surface area contributed by atoms with E-state index in [0.717, 1.165) is 56.1 Å². The number of likely N-dealkylation sites (tertiary alicyclic amines) is 1. The molecule has 1 unspecified atom stereocenters. The van der Waals surface area contributed by atoms with Gasteiger partial charge in [-0.25, -0.2) is 4.79 Å². The SMILES string of the molecule is COC(=O)N[C@@H]1CCN(CC(O)CN2[C@H]3CC[C@H]2CC(NC(=O)c2nn(C(C)C)c4ccccc24)C3)C1. The highest BCUT2D eigenvalue weighted by atomic mass is 16.5. The number of ether oxygens (including phenoxy) is 1. The highest BCUT2D eigenvalue weighted by Gasteiger charge is 2.42.